The Morgan fingerprint density at radius 3 is 3.25 bits per heavy atom. The Morgan fingerprint density at radius 1 is 1.45 bits per heavy atom. The molecule has 0 spiro atoms. The number of aromatic nitrogens is 5. The number of likely N-dealkylation sites (tertiary alicyclic amines) is 1. The fourth-order valence-corrected chi connectivity index (χ4v) is 2.91. The molecule has 0 saturated carbocycles. The molecular weight excluding hydrogens is 260 g/mol. The molecule has 0 aromatic carbocycles. The van der Waals surface area contributed by atoms with Crippen molar-refractivity contribution in [3.8, 4) is 0 Å². The summed E-state index contributed by atoms with van der Waals surface area (Å²) in [6.07, 6.45) is 5.80. The van der Waals surface area contributed by atoms with Crippen molar-refractivity contribution >= 4 is 5.91 Å². The molecule has 4 heterocycles. The van der Waals surface area contributed by atoms with E-state index in [1.807, 2.05) is 9.58 Å². The number of nitrogens with one attached hydrogen (secondary N) is 1. The second kappa shape index (κ2) is 4.41. The van der Waals surface area contributed by atoms with Crippen LogP contribution in [0.15, 0.2) is 18.6 Å². The Kier molecular flexibility index (Phi) is 2.56. The maximum Gasteiger partial charge on any atom is 0.257 e. The zero-order chi connectivity index (χ0) is 13.5. The molecule has 2 aliphatic heterocycles. The Hall–Kier alpha value is -2.22. The molecule has 2 atom stereocenters. The van der Waals surface area contributed by atoms with Gasteiger partial charge >= 0.3 is 0 Å². The molecule has 0 unspecified atom stereocenters. The van der Waals surface area contributed by atoms with Crippen LogP contribution in [0.4, 0.5) is 0 Å². The molecule has 8 heteroatoms. The first-order valence-electron chi connectivity index (χ1n) is 6.61. The molecule has 4 rings (SSSR count). The van der Waals surface area contributed by atoms with E-state index in [0.717, 1.165) is 12.1 Å². The van der Waals surface area contributed by atoms with Crippen molar-refractivity contribution in [2.75, 3.05) is 13.1 Å². The molecule has 8 nitrogen and oxygen atoms in total. The number of H-pyrrole nitrogens is 1. The van der Waals surface area contributed by atoms with E-state index >= 15 is 0 Å². The number of fused-ring (bicyclic) bond motifs is 3. The van der Waals surface area contributed by atoms with E-state index in [4.69, 9.17) is 4.74 Å². The van der Waals surface area contributed by atoms with Gasteiger partial charge in [0.05, 0.1) is 42.4 Å². The maximum atomic E-state index is 12.4. The summed E-state index contributed by atoms with van der Waals surface area (Å²) in [5, 5.41) is 14.5. The van der Waals surface area contributed by atoms with Crippen molar-refractivity contribution in [2.24, 2.45) is 0 Å². The van der Waals surface area contributed by atoms with Crippen molar-refractivity contribution < 1.29 is 9.53 Å². The quantitative estimate of drug-likeness (QED) is 0.790. The Labute approximate surface area is 114 Å². The van der Waals surface area contributed by atoms with Crippen molar-refractivity contribution in [1.82, 2.24) is 30.1 Å². The average Bonchev–Trinajstić information content (AvgIpc) is 3.16. The summed E-state index contributed by atoms with van der Waals surface area (Å²) in [6.45, 7) is 1.82. The van der Waals surface area contributed by atoms with E-state index in [-0.39, 0.29) is 18.1 Å². The second-order valence-corrected chi connectivity index (χ2v) is 5.11. The lowest BCUT2D eigenvalue weighted by Gasteiger charge is -2.40. The lowest BCUT2D eigenvalue weighted by Crippen LogP contribution is -2.49. The number of carbonyl (C=O) groups is 1. The van der Waals surface area contributed by atoms with Gasteiger partial charge in [0.25, 0.3) is 5.91 Å². The number of carbonyl (C=O) groups excluding carboxylic acids is 1. The smallest absolute Gasteiger partial charge is 0.257 e. The van der Waals surface area contributed by atoms with Gasteiger partial charge in [0.1, 0.15) is 0 Å². The number of nitrogens with zero attached hydrogens (tertiary/aromatic N) is 5. The first-order chi connectivity index (χ1) is 9.83. The summed E-state index contributed by atoms with van der Waals surface area (Å²) in [5.41, 5.74) is 1.54. The van der Waals surface area contributed by atoms with Crippen LogP contribution in [0.3, 0.4) is 0 Å². The molecule has 1 saturated heterocycles. The fraction of sp³-hybridized carbons (Fsp3) is 0.500. The predicted octanol–water partition coefficient (Wildman–Crippen LogP) is -0.0128. The molecular formula is C12H14N6O2. The van der Waals surface area contributed by atoms with Gasteiger partial charge in [-0.2, -0.15) is 5.10 Å². The molecule has 20 heavy (non-hydrogen) atoms. The highest BCUT2D eigenvalue weighted by Gasteiger charge is 2.38. The van der Waals surface area contributed by atoms with Crippen LogP contribution in [-0.4, -0.2) is 55.2 Å². The van der Waals surface area contributed by atoms with Gasteiger partial charge in [-0.25, -0.2) is 4.68 Å². The van der Waals surface area contributed by atoms with Crippen molar-refractivity contribution in [1.29, 1.82) is 0 Å². The molecule has 0 aliphatic carbocycles. The van der Waals surface area contributed by atoms with Crippen LogP contribution in [-0.2, 0) is 11.3 Å². The first kappa shape index (κ1) is 11.6. The third-order valence-corrected chi connectivity index (χ3v) is 3.96. The molecule has 104 valence electrons. The highest BCUT2D eigenvalue weighted by atomic mass is 16.5. The third-order valence-electron chi connectivity index (χ3n) is 3.96. The minimum atomic E-state index is -0.00978. The monoisotopic (exact) mass is 274 g/mol. The molecule has 0 radical (unpaired) electrons. The van der Waals surface area contributed by atoms with E-state index in [0.29, 0.717) is 25.3 Å². The van der Waals surface area contributed by atoms with Gasteiger partial charge < -0.3 is 9.64 Å². The summed E-state index contributed by atoms with van der Waals surface area (Å²) in [4.78, 5) is 14.2. The SMILES string of the molecule is O=C(c1cn[nH]c1)N1CC[C@H]2OCc3cnnn3[C@H]2C1. The first-order valence-corrected chi connectivity index (χ1v) is 6.61. The summed E-state index contributed by atoms with van der Waals surface area (Å²) < 4.78 is 7.72. The summed E-state index contributed by atoms with van der Waals surface area (Å²) in [5.74, 6) is -0.00978. The number of aromatic amines is 1. The van der Waals surface area contributed by atoms with Gasteiger partial charge in [0.15, 0.2) is 0 Å². The van der Waals surface area contributed by atoms with Crippen LogP contribution in [0.2, 0.25) is 0 Å². The van der Waals surface area contributed by atoms with Crippen LogP contribution in [0, 0.1) is 0 Å². The van der Waals surface area contributed by atoms with E-state index in [9.17, 15) is 4.79 Å². The van der Waals surface area contributed by atoms with Gasteiger partial charge in [0.2, 0.25) is 0 Å². The number of rotatable bonds is 1. The van der Waals surface area contributed by atoms with E-state index in [2.05, 4.69) is 20.5 Å². The normalized spacial score (nSPS) is 25.1. The van der Waals surface area contributed by atoms with E-state index in [1.165, 1.54) is 0 Å². The largest absolute Gasteiger partial charge is 0.370 e. The summed E-state index contributed by atoms with van der Waals surface area (Å²) in [6, 6.07) is 0.0471. The van der Waals surface area contributed by atoms with Gasteiger partial charge in [-0.15, -0.1) is 5.10 Å². The Balaban J connectivity index is 1.58. The Bertz CT molecular complexity index is 622. The van der Waals surface area contributed by atoms with Crippen molar-refractivity contribution in [3.63, 3.8) is 0 Å². The zero-order valence-electron chi connectivity index (χ0n) is 10.8. The van der Waals surface area contributed by atoms with Gasteiger partial charge in [-0.05, 0) is 6.42 Å². The van der Waals surface area contributed by atoms with Crippen molar-refractivity contribution in [3.05, 3.63) is 29.8 Å². The number of amides is 1. The summed E-state index contributed by atoms with van der Waals surface area (Å²) >= 11 is 0. The number of piperidine rings is 1. The van der Waals surface area contributed by atoms with Gasteiger partial charge in [-0.1, -0.05) is 5.21 Å². The standard InChI is InChI=1S/C12H14N6O2/c19-12(8-3-13-14-4-8)17-2-1-11-10(6-17)18-9(7-20-11)5-15-16-18/h3-5,10-11H,1-2,6-7H2,(H,13,14)/t10-,11+/m0/s1. The minimum Gasteiger partial charge on any atom is -0.370 e. The molecule has 2 aliphatic rings. The molecule has 2 aromatic rings. The van der Waals surface area contributed by atoms with Gasteiger partial charge in [0, 0.05) is 19.3 Å². The molecule has 2 aromatic heterocycles. The zero-order valence-corrected chi connectivity index (χ0v) is 10.8. The second-order valence-electron chi connectivity index (χ2n) is 5.11. The van der Waals surface area contributed by atoms with Crippen molar-refractivity contribution in [2.45, 2.75) is 25.2 Å². The fourth-order valence-electron chi connectivity index (χ4n) is 2.91. The highest BCUT2D eigenvalue weighted by molar-refractivity contribution is 5.93. The lowest BCUT2D eigenvalue weighted by molar-refractivity contribution is -0.0605. The van der Waals surface area contributed by atoms with Crippen LogP contribution in [0.25, 0.3) is 0 Å². The minimum absolute atomic E-state index is 0.00978. The molecule has 1 fully saturated rings. The average molecular weight is 274 g/mol. The maximum absolute atomic E-state index is 12.4. The van der Waals surface area contributed by atoms with E-state index in [1.54, 1.807) is 18.6 Å². The van der Waals surface area contributed by atoms with Crippen LogP contribution >= 0.6 is 0 Å². The topological polar surface area (TPSA) is 88.9 Å². The number of ether oxygens (including phenoxy) is 1. The Morgan fingerprint density at radius 2 is 2.40 bits per heavy atom. The molecule has 1 N–H and O–H groups in total. The number of hydrogen-bond donors (Lipinski definition) is 1. The van der Waals surface area contributed by atoms with Crippen LogP contribution in [0.5, 0.6) is 0 Å². The lowest BCUT2D eigenvalue weighted by atomic mass is 10.00. The van der Waals surface area contributed by atoms with Gasteiger partial charge in [-0.3, -0.25) is 9.89 Å². The van der Waals surface area contributed by atoms with E-state index < -0.39 is 0 Å². The van der Waals surface area contributed by atoms with Crippen LogP contribution < -0.4 is 0 Å². The third kappa shape index (κ3) is 1.72. The molecule has 0 bridgehead atoms. The number of hydrogen-bond acceptors (Lipinski definition) is 5. The summed E-state index contributed by atoms with van der Waals surface area (Å²) in [7, 11) is 0. The highest BCUT2D eigenvalue weighted by Crippen LogP contribution is 2.30. The predicted molar refractivity (Wildman–Crippen MR) is 66.7 cm³/mol. The van der Waals surface area contributed by atoms with Crippen LogP contribution in [0.1, 0.15) is 28.5 Å². The molecule has 1 amide bonds.